The quantitative estimate of drug-likeness (QED) is 0.0746. The molecule has 49 heavy (non-hydrogen) atoms. The summed E-state index contributed by atoms with van der Waals surface area (Å²) in [4.78, 5) is 16.6. The zero-order valence-corrected chi connectivity index (χ0v) is 31.3. The monoisotopic (exact) mass is 791 g/mol. The number of nitrogens with zero attached hydrogens (tertiary/aromatic N) is 4. The number of ether oxygens (including phenoxy) is 2. The SMILES string of the molecule is CCCSc1nc(Cl)c(N)c(C[C@@H]2C[C@H](OCCO)[C@@H](O)[C@H]2O)n1.CCCSc1nc(Cl)c(N)c(Cl)n1.N[C@@H]1C[C@H](OCCO)[C@@H](O)[C@H]1O. The highest BCUT2D eigenvalue weighted by Gasteiger charge is 2.42. The highest BCUT2D eigenvalue weighted by Crippen LogP contribution is 2.34. The molecule has 280 valence electrons. The molecule has 0 saturated heterocycles. The van der Waals surface area contributed by atoms with Gasteiger partial charge in [0.15, 0.2) is 25.8 Å². The number of rotatable bonds is 14. The Balaban J connectivity index is 0.000000281. The van der Waals surface area contributed by atoms with Crippen molar-refractivity contribution < 1.29 is 40.1 Å². The number of hydrogen-bond donors (Lipinski definition) is 9. The number of aromatic nitrogens is 4. The zero-order chi connectivity index (χ0) is 36.7. The van der Waals surface area contributed by atoms with Crippen LogP contribution in [0.15, 0.2) is 10.3 Å². The van der Waals surface area contributed by atoms with E-state index < -0.39 is 42.7 Å². The molecule has 2 aromatic rings. The van der Waals surface area contributed by atoms with E-state index in [1.54, 1.807) is 0 Å². The first-order valence-corrected chi connectivity index (χ1v) is 18.9. The number of halogens is 3. The Labute approximate surface area is 309 Å². The van der Waals surface area contributed by atoms with Gasteiger partial charge in [0.2, 0.25) is 0 Å². The number of anilines is 2. The molecule has 8 atom stereocenters. The Bertz CT molecular complexity index is 1260. The van der Waals surface area contributed by atoms with Gasteiger partial charge in [-0.2, -0.15) is 0 Å². The van der Waals surface area contributed by atoms with Gasteiger partial charge < -0.3 is 57.3 Å². The van der Waals surface area contributed by atoms with Crippen molar-refractivity contribution in [1.29, 1.82) is 0 Å². The molecule has 2 aliphatic rings. The van der Waals surface area contributed by atoms with Crippen molar-refractivity contribution in [2.24, 2.45) is 11.7 Å². The fourth-order valence-electron chi connectivity index (χ4n) is 4.82. The summed E-state index contributed by atoms with van der Waals surface area (Å²) in [5.41, 5.74) is 18.1. The lowest BCUT2D eigenvalue weighted by Gasteiger charge is -2.17. The van der Waals surface area contributed by atoms with E-state index in [0.29, 0.717) is 41.0 Å². The molecule has 0 aliphatic heterocycles. The maximum Gasteiger partial charge on any atom is 0.190 e. The van der Waals surface area contributed by atoms with Crippen LogP contribution < -0.4 is 17.2 Å². The third-order valence-electron chi connectivity index (χ3n) is 7.39. The molecule has 0 unspecified atom stereocenters. The van der Waals surface area contributed by atoms with Crippen LogP contribution in [0.25, 0.3) is 0 Å². The number of aliphatic hydroxyl groups excluding tert-OH is 6. The van der Waals surface area contributed by atoms with E-state index in [1.807, 2.05) is 0 Å². The molecule has 0 spiro atoms. The van der Waals surface area contributed by atoms with Crippen LogP contribution in [-0.4, -0.2) is 131 Å². The van der Waals surface area contributed by atoms with Gasteiger partial charge in [-0.1, -0.05) is 72.2 Å². The van der Waals surface area contributed by atoms with Crippen molar-refractivity contribution in [3.8, 4) is 0 Å². The third kappa shape index (κ3) is 13.8. The second-order valence-electron chi connectivity index (χ2n) is 11.2. The average Bonchev–Trinajstić information content (AvgIpc) is 3.49. The summed E-state index contributed by atoms with van der Waals surface area (Å²) in [5.74, 6) is 1.57. The van der Waals surface area contributed by atoms with Crippen LogP contribution in [0.1, 0.15) is 45.2 Å². The molecule has 2 saturated carbocycles. The van der Waals surface area contributed by atoms with Crippen molar-refractivity contribution in [3.63, 3.8) is 0 Å². The lowest BCUT2D eigenvalue weighted by atomic mass is 9.98. The Hall–Kier alpha value is -1.03. The van der Waals surface area contributed by atoms with Gasteiger partial charge in [0.1, 0.15) is 17.9 Å². The van der Waals surface area contributed by atoms with Gasteiger partial charge in [-0.25, -0.2) is 19.9 Å². The molecule has 15 nitrogen and oxygen atoms in total. The largest absolute Gasteiger partial charge is 0.395 e. The number of thioether (sulfide) groups is 2. The molecule has 0 radical (unpaired) electrons. The minimum absolute atomic E-state index is 0.0887. The summed E-state index contributed by atoms with van der Waals surface area (Å²) in [7, 11) is 0. The van der Waals surface area contributed by atoms with E-state index in [2.05, 4.69) is 33.8 Å². The molecule has 4 rings (SSSR count). The van der Waals surface area contributed by atoms with Crippen LogP contribution in [-0.2, 0) is 15.9 Å². The summed E-state index contributed by atoms with van der Waals surface area (Å²) < 4.78 is 10.4. The van der Waals surface area contributed by atoms with E-state index in [1.165, 1.54) is 23.5 Å². The predicted octanol–water partition coefficient (Wildman–Crippen LogP) is 1.56. The molecule has 2 aliphatic carbocycles. The Kier molecular flexibility index (Phi) is 20.5. The van der Waals surface area contributed by atoms with Gasteiger partial charge in [-0.3, -0.25) is 0 Å². The fraction of sp³-hybridized carbons (Fsp3) is 0.724. The van der Waals surface area contributed by atoms with Crippen molar-refractivity contribution >= 4 is 69.7 Å². The minimum atomic E-state index is -0.992. The van der Waals surface area contributed by atoms with Crippen LogP contribution in [0.4, 0.5) is 11.4 Å². The summed E-state index contributed by atoms with van der Waals surface area (Å²) in [5, 5.41) is 57.9. The van der Waals surface area contributed by atoms with Gasteiger partial charge in [-0.15, -0.1) is 0 Å². The lowest BCUT2D eigenvalue weighted by Crippen LogP contribution is -2.36. The van der Waals surface area contributed by atoms with Crippen LogP contribution in [0.5, 0.6) is 0 Å². The Morgan fingerprint density at radius 2 is 1.14 bits per heavy atom. The summed E-state index contributed by atoms with van der Waals surface area (Å²) in [6.07, 6.45) is -1.40. The highest BCUT2D eigenvalue weighted by atomic mass is 35.5. The lowest BCUT2D eigenvalue weighted by molar-refractivity contribution is -0.0631. The van der Waals surface area contributed by atoms with Crippen LogP contribution in [0.3, 0.4) is 0 Å². The van der Waals surface area contributed by atoms with Gasteiger partial charge in [-0.05, 0) is 38.0 Å². The maximum absolute atomic E-state index is 10.2. The first-order chi connectivity index (χ1) is 23.3. The second-order valence-corrected chi connectivity index (χ2v) is 14.4. The normalized spacial score (nSPS) is 26.2. The number of nitrogen functional groups attached to an aromatic ring is 2. The molecule has 0 aromatic carbocycles. The molecular weight excluding hydrogens is 745 g/mol. The van der Waals surface area contributed by atoms with Crippen molar-refractivity contribution in [3.05, 3.63) is 21.2 Å². The molecule has 0 bridgehead atoms. The number of aliphatic hydroxyl groups is 6. The fourth-order valence-corrected chi connectivity index (χ4v) is 6.97. The average molecular weight is 793 g/mol. The van der Waals surface area contributed by atoms with Gasteiger partial charge in [0.05, 0.1) is 62.2 Å². The molecule has 2 aromatic heterocycles. The first-order valence-electron chi connectivity index (χ1n) is 15.8. The summed E-state index contributed by atoms with van der Waals surface area (Å²) in [6, 6.07) is -0.427. The van der Waals surface area contributed by atoms with Gasteiger partial charge >= 0.3 is 0 Å². The molecule has 0 amide bonds. The number of nitrogens with two attached hydrogens (primary N) is 3. The van der Waals surface area contributed by atoms with Gasteiger partial charge in [0.25, 0.3) is 0 Å². The van der Waals surface area contributed by atoms with Crippen molar-refractivity contribution in [1.82, 2.24) is 19.9 Å². The van der Waals surface area contributed by atoms with E-state index in [9.17, 15) is 20.4 Å². The third-order valence-corrected chi connectivity index (χ3v) is 10.4. The molecule has 2 heterocycles. The van der Waals surface area contributed by atoms with E-state index in [0.717, 1.165) is 24.3 Å². The minimum Gasteiger partial charge on any atom is -0.395 e. The second kappa shape index (κ2) is 22.8. The maximum atomic E-state index is 10.2. The van der Waals surface area contributed by atoms with Crippen LogP contribution in [0, 0.1) is 5.92 Å². The van der Waals surface area contributed by atoms with Gasteiger partial charge in [0, 0.05) is 17.5 Å². The molecule has 12 N–H and O–H groups in total. The molecule has 20 heteroatoms. The predicted molar refractivity (Wildman–Crippen MR) is 192 cm³/mol. The summed E-state index contributed by atoms with van der Waals surface area (Å²) >= 11 is 20.6. The Morgan fingerprint density at radius 1 is 0.694 bits per heavy atom. The van der Waals surface area contributed by atoms with Crippen LogP contribution >= 0.6 is 58.3 Å². The van der Waals surface area contributed by atoms with Crippen molar-refractivity contribution in [2.45, 2.75) is 98.9 Å². The smallest absolute Gasteiger partial charge is 0.190 e. The standard InChI is InChI=1S/C15H24ClN3O4S.C7H9Cl2N3S.C7H15NO4/c1-2-5-24-15-18-9(11(17)14(16)19-15)6-8-7-10(23-4-3-20)13(22)12(8)21;1-2-3-13-7-11-5(8)4(10)6(9)12-7;8-4-3-5(12-2-1-9)7(11)6(4)10/h8,10,12-13,20-22H,2-7,17H2,1H3;2-3,10H2,1H3;4-7,9-11H,1-3,8H2/t8-,10+,12+,13-;;4-,5+,6+,7-/m1.1/s1. The van der Waals surface area contributed by atoms with Crippen molar-refractivity contribution in [2.75, 3.05) is 49.4 Å². The number of hydrogen-bond acceptors (Lipinski definition) is 17. The first kappa shape index (κ1) is 44.1. The van der Waals surface area contributed by atoms with E-state index in [-0.39, 0.29) is 53.5 Å². The zero-order valence-electron chi connectivity index (χ0n) is 27.4. The topological polar surface area (TPSA) is 269 Å². The van der Waals surface area contributed by atoms with E-state index >= 15 is 0 Å². The highest BCUT2D eigenvalue weighted by molar-refractivity contribution is 7.99. The Morgan fingerprint density at radius 3 is 1.59 bits per heavy atom. The molecular formula is C29H48Cl3N7O8S2. The summed E-state index contributed by atoms with van der Waals surface area (Å²) in [6.45, 7) is 4.22. The van der Waals surface area contributed by atoms with E-state index in [4.69, 9.17) is 71.7 Å². The molecule has 2 fully saturated rings. The van der Waals surface area contributed by atoms with Crippen LogP contribution in [0.2, 0.25) is 15.5 Å².